The van der Waals surface area contributed by atoms with Gasteiger partial charge in [0.2, 0.25) is 0 Å². The summed E-state index contributed by atoms with van der Waals surface area (Å²) in [5.74, 6) is 0. The number of nitrogens with one attached hydrogen (secondary N) is 1. The van der Waals surface area contributed by atoms with Gasteiger partial charge < -0.3 is 5.32 Å². The van der Waals surface area contributed by atoms with Gasteiger partial charge in [-0.3, -0.25) is 14.8 Å². The van der Waals surface area contributed by atoms with E-state index in [1.165, 1.54) is 4.88 Å². The van der Waals surface area contributed by atoms with Gasteiger partial charge >= 0.3 is 0 Å². The van der Waals surface area contributed by atoms with Crippen LogP contribution in [0.5, 0.6) is 0 Å². The van der Waals surface area contributed by atoms with Gasteiger partial charge in [0.05, 0.1) is 17.2 Å². The van der Waals surface area contributed by atoms with Crippen LogP contribution in [0.2, 0.25) is 0 Å². The zero-order valence-corrected chi connectivity index (χ0v) is 15.2. The Labute approximate surface area is 156 Å². The molecule has 3 aromatic rings. The summed E-state index contributed by atoms with van der Waals surface area (Å²) in [5.41, 5.74) is 3.64. The zero-order valence-electron chi connectivity index (χ0n) is 14.4. The van der Waals surface area contributed by atoms with E-state index in [9.17, 15) is 4.79 Å². The molecular formula is C19H21N5OS. The summed E-state index contributed by atoms with van der Waals surface area (Å²) >= 11 is 1.68. The molecule has 0 radical (unpaired) electrons. The van der Waals surface area contributed by atoms with E-state index in [1.54, 1.807) is 40.5 Å². The van der Waals surface area contributed by atoms with Crippen LogP contribution in [0.15, 0.2) is 53.2 Å². The van der Waals surface area contributed by atoms with Crippen molar-refractivity contribution in [2.24, 2.45) is 0 Å². The molecule has 0 amide bonds. The van der Waals surface area contributed by atoms with Crippen molar-refractivity contribution in [2.45, 2.75) is 44.3 Å². The highest BCUT2D eigenvalue weighted by Gasteiger charge is 2.23. The second-order valence-electron chi connectivity index (χ2n) is 6.59. The second-order valence-corrected chi connectivity index (χ2v) is 7.56. The average Bonchev–Trinajstić information content (AvgIpc) is 3.22. The van der Waals surface area contributed by atoms with Crippen molar-refractivity contribution < 1.29 is 0 Å². The lowest BCUT2D eigenvalue weighted by atomic mass is 9.91. The predicted molar refractivity (Wildman–Crippen MR) is 102 cm³/mol. The molecule has 1 N–H and O–H groups in total. The first-order valence-corrected chi connectivity index (χ1v) is 9.78. The Balaban J connectivity index is 1.41. The zero-order chi connectivity index (χ0) is 17.8. The Hall–Kier alpha value is -2.38. The quantitative estimate of drug-likeness (QED) is 0.750. The van der Waals surface area contributed by atoms with Crippen molar-refractivity contribution >= 4 is 11.3 Å². The molecule has 3 heterocycles. The molecule has 0 unspecified atom stereocenters. The molecule has 0 aromatic carbocycles. The summed E-state index contributed by atoms with van der Waals surface area (Å²) < 4.78 is 1.68. The molecule has 1 saturated carbocycles. The number of hydrogen-bond donors (Lipinski definition) is 1. The highest BCUT2D eigenvalue weighted by molar-refractivity contribution is 7.09. The first-order chi connectivity index (χ1) is 12.8. The van der Waals surface area contributed by atoms with Crippen LogP contribution < -0.4 is 10.9 Å². The van der Waals surface area contributed by atoms with Crippen LogP contribution in [0.1, 0.15) is 36.6 Å². The first-order valence-electron chi connectivity index (χ1n) is 8.90. The van der Waals surface area contributed by atoms with Gasteiger partial charge in [-0.1, -0.05) is 0 Å². The van der Waals surface area contributed by atoms with Crippen LogP contribution in [-0.2, 0) is 6.54 Å². The Morgan fingerprint density at radius 1 is 1.08 bits per heavy atom. The van der Waals surface area contributed by atoms with Gasteiger partial charge in [-0.15, -0.1) is 11.3 Å². The standard InChI is InChI=1S/C19H21N5OS/c25-19-6-5-18(14-7-9-20-10-8-14)23-24(19)16-3-1-15(2-4-16)22-12-17-11-21-13-26-17/h5-11,13,15-16,22H,1-4,12H2. The van der Waals surface area contributed by atoms with Gasteiger partial charge in [0, 0.05) is 47.7 Å². The average molecular weight is 367 g/mol. The van der Waals surface area contributed by atoms with Crippen LogP contribution in [0.3, 0.4) is 0 Å². The number of hydrogen-bond acceptors (Lipinski definition) is 6. The molecule has 134 valence electrons. The summed E-state index contributed by atoms with van der Waals surface area (Å²) in [7, 11) is 0. The van der Waals surface area contributed by atoms with Gasteiger partial charge in [-0.05, 0) is 43.9 Å². The van der Waals surface area contributed by atoms with Gasteiger partial charge in [0.25, 0.3) is 5.56 Å². The van der Waals surface area contributed by atoms with E-state index in [1.807, 2.05) is 23.8 Å². The Bertz CT molecular complexity index is 886. The molecule has 0 spiro atoms. The van der Waals surface area contributed by atoms with Crippen molar-refractivity contribution in [3.05, 3.63) is 63.6 Å². The van der Waals surface area contributed by atoms with Gasteiger partial charge in [-0.2, -0.15) is 5.10 Å². The Morgan fingerprint density at radius 2 is 1.88 bits per heavy atom. The van der Waals surface area contributed by atoms with Crippen molar-refractivity contribution in [1.82, 2.24) is 25.1 Å². The van der Waals surface area contributed by atoms with Crippen molar-refractivity contribution in [3.63, 3.8) is 0 Å². The molecule has 1 aliphatic rings. The predicted octanol–water partition coefficient (Wildman–Crippen LogP) is 3.04. The third kappa shape index (κ3) is 3.89. The topological polar surface area (TPSA) is 72.7 Å². The fraction of sp³-hybridized carbons (Fsp3) is 0.368. The summed E-state index contributed by atoms with van der Waals surface area (Å²) in [6, 6.07) is 7.90. The van der Waals surface area contributed by atoms with Crippen LogP contribution in [-0.4, -0.2) is 25.8 Å². The minimum atomic E-state index is -0.0242. The van der Waals surface area contributed by atoms with Crippen LogP contribution in [0.4, 0.5) is 0 Å². The van der Waals surface area contributed by atoms with E-state index in [0.717, 1.165) is 43.5 Å². The minimum Gasteiger partial charge on any atom is -0.309 e. The lowest BCUT2D eigenvalue weighted by Crippen LogP contribution is -2.36. The summed E-state index contributed by atoms with van der Waals surface area (Å²) in [5, 5.41) is 8.23. The maximum absolute atomic E-state index is 12.3. The highest BCUT2D eigenvalue weighted by atomic mass is 32.1. The smallest absolute Gasteiger partial charge is 0.267 e. The van der Waals surface area contributed by atoms with Crippen LogP contribution >= 0.6 is 11.3 Å². The third-order valence-corrected chi connectivity index (χ3v) is 5.67. The molecule has 7 heteroatoms. The largest absolute Gasteiger partial charge is 0.309 e. The Kier molecular flexibility index (Phi) is 5.17. The maximum atomic E-state index is 12.3. The molecule has 0 atom stereocenters. The minimum absolute atomic E-state index is 0.0242. The molecule has 3 aromatic heterocycles. The van der Waals surface area contributed by atoms with Gasteiger partial charge in [0.1, 0.15) is 0 Å². The number of pyridine rings is 1. The number of rotatable bonds is 5. The van der Waals surface area contributed by atoms with E-state index < -0.39 is 0 Å². The molecule has 6 nitrogen and oxygen atoms in total. The summed E-state index contributed by atoms with van der Waals surface area (Å²) in [4.78, 5) is 21.7. The molecule has 0 aliphatic heterocycles. The van der Waals surface area contributed by atoms with Crippen molar-refractivity contribution in [2.75, 3.05) is 0 Å². The van der Waals surface area contributed by atoms with E-state index in [-0.39, 0.29) is 11.6 Å². The normalized spacial score (nSPS) is 20.2. The van der Waals surface area contributed by atoms with Gasteiger partial charge in [-0.25, -0.2) is 4.68 Å². The number of nitrogens with zero attached hydrogens (tertiary/aromatic N) is 4. The Morgan fingerprint density at radius 3 is 2.62 bits per heavy atom. The molecular weight excluding hydrogens is 346 g/mol. The molecule has 4 rings (SSSR count). The fourth-order valence-corrected chi connectivity index (χ4v) is 4.01. The summed E-state index contributed by atoms with van der Waals surface area (Å²) in [6.45, 7) is 0.871. The van der Waals surface area contributed by atoms with Crippen LogP contribution in [0, 0.1) is 0 Å². The van der Waals surface area contributed by atoms with Crippen molar-refractivity contribution in [1.29, 1.82) is 0 Å². The SMILES string of the molecule is O=c1ccc(-c2ccncc2)nn1C1CCC(NCc2cncs2)CC1. The van der Waals surface area contributed by atoms with E-state index in [0.29, 0.717) is 6.04 Å². The van der Waals surface area contributed by atoms with Gasteiger partial charge in [0.15, 0.2) is 0 Å². The fourth-order valence-electron chi connectivity index (χ4n) is 3.46. The molecule has 0 saturated heterocycles. The molecule has 0 bridgehead atoms. The maximum Gasteiger partial charge on any atom is 0.267 e. The number of aromatic nitrogens is 4. The third-order valence-electron chi connectivity index (χ3n) is 4.89. The first kappa shape index (κ1) is 17.1. The van der Waals surface area contributed by atoms with E-state index in [4.69, 9.17) is 0 Å². The van der Waals surface area contributed by atoms with E-state index in [2.05, 4.69) is 20.4 Å². The second kappa shape index (κ2) is 7.88. The van der Waals surface area contributed by atoms with Crippen molar-refractivity contribution in [3.8, 4) is 11.3 Å². The lowest BCUT2D eigenvalue weighted by Gasteiger charge is -2.29. The molecule has 1 aliphatic carbocycles. The monoisotopic (exact) mass is 367 g/mol. The van der Waals surface area contributed by atoms with Crippen LogP contribution in [0.25, 0.3) is 11.3 Å². The van der Waals surface area contributed by atoms with E-state index >= 15 is 0 Å². The summed E-state index contributed by atoms with van der Waals surface area (Å²) in [6.07, 6.45) is 9.44. The molecule has 26 heavy (non-hydrogen) atoms. The lowest BCUT2D eigenvalue weighted by molar-refractivity contribution is 0.269. The highest BCUT2D eigenvalue weighted by Crippen LogP contribution is 2.28. The number of thiazole rings is 1. The molecule has 1 fully saturated rings.